The van der Waals surface area contributed by atoms with Crippen LogP contribution in [0.2, 0.25) is 0 Å². The van der Waals surface area contributed by atoms with Gasteiger partial charge in [0.25, 0.3) is 0 Å². The number of anilines is 1. The molecule has 33 heavy (non-hydrogen) atoms. The molecule has 0 spiro atoms. The molecular weight excluding hydrogens is 408 g/mol. The summed E-state index contributed by atoms with van der Waals surface area (Å²) in [5, 5.41) is 5.85. The molecule has 0 atom stereocenters. The molecule has 0 radical (unpaired) electrons. The number of carbonyl (C=O) groups is 1. The molecule has 0 bridgehead atoms. The van der Waals surface area contributed by atoms with E-state index in [1.54, 1.807) is 0 Å². The Balaban J connectivity index is 1.15. The molecule has 4 aromatic rings. The molecule has 1 aliphatic rings. The highest BCUT2D eigenvalue weighted by Crippen LogP contribution is 2.24. The third kappa shape index (κ3) is 5.20. The Morgan fingerprint density at radius 1 is 0.909 bits per heavy atom. The van der Waals surface area contributed by atoms with Crippen molar-refractivity contribution in [3.8, 4) is 11.3 Å². The zero-order valence-corrected chi connectivity index (χ0v) is 18.7. The SMILES string of the molecule is O=C(Cc1ccccc1)N1CCC(CNc2nccc(-c3ccc4ccccc4c3)n2)CC1. The van der Waals surface area contributed by atoms with Crippen molar-refractivity contribution in [2.24, 2.45) is 5.92 Å². The van der Waals surface area contributed by atoms with E-state index in [-0.39, 0.29) is 5.91 Å². The molecule has 1 fully saturated rings. The Hall–Kier alpha value is -3.73. The number of nitrogens with zero attached hydrogens (tertiary/aromatic N) is 3. The lowest BCUT2D eigenvalue weighted by molar-refractivity contribution is -0.131. The topological polar surface area (TPSA) is 58.1 Å². The van der Waals surface area contributed by atoms with Crippen LogP contribution in [0.1, 0.15) is 18.4 Å². The monoisotopic (exact) mass is 436 g/mol. The first-order valence-corrected chi connectivity index (χ1v) is 11.6. The van der Waals surface area contributed by atoms with Crippen LogP contribution in [0.15, 0.2) is 85.1 Å². The van der Waals surface area contributed by atoms with Crippen LogP contribution in [0.3, 0.4) is 0 Å². The smallest absolute Gasteiger partial charge is 0.226 e. The summed E-state index contributed by atoms with van der Waals surface area (Å²) in [4.78, 5) is 23.8. The molecule has 1 N–H and O–H groups in total. The molecule has 1 saturated heterocycles. The second kappa shape index (κ2) is 9.82. The summed E-state index contributed by atoms with van der Waals surface area (Å²) in [6.07, 6.45) is 4.29. The van der Waals surface area contributed by atoms with Gasteiger partial charge in [0.05, 0.1) is 12.1 Å². The van der Waals surface area contributed by atoms with Crippen molar-refractivity contribution >= 4 is 22.6 Å². The van der Waals surface area contributed by atoms with Crippen LogP contribution in [0, 0.1) is 5.92 Å². The second-order valence-corrected chi connectivity index (χ2v) is 8.69. The first-order chi connectivity index (χ1) is 16.2. The molecule has 0 unspecified atom stereocenters. The predicted octanol–water partition coefficient (Wildman–Crippen LogP) is 5.19. The van der Waals surface area contributed by atoms with Crippen molar-refractivity contribution < 1.29 is 4.79 Å². The van der Waals surface area contributed by atoms with Gasteiger partial charge in [0.1, 0.15) is 0 Å². The molecule has 2 heterocycles. The standard InChI is InChI=1S/C28H28N4O/c33-27(18-21-6-2-1-3-7-21)32-16-13-22(14-17-32)20-30-28-29-15-12-26(31-28)25-11-10-23-8-4-5-9-24(23)19-25/h1-12,15,19,22H,13-14,16-18,20H2,(H,29,30,31). The van der Waals surface area contributed by atoms with E-state index in [9.17, 15) is 4.79 Å². The summed E-state index contributed by atoms with van der Waals surface area (Å²) in [6, 6.07) is 26.7. The Morgan fingerprint density at radius 3 is 2.48 bits per heavy atom. The summed E-state index contributed by atoms with van der Waals surface area (Å²) < 4.78 is 0. The molecule has 1 aliphatic heterocycles. The number of amides is 1. The third-order valence-electron chi connectivity index (χ3n) is 6.42. The first-order valence-electron chi connectivity index (χ1n) is 11.6. The van der Waals surface area contributed by atoms with Crippen molar-refractivity contribution in [2.75, 3.05) is 25.0 Å². The van der Waals surface area contributed by atoms with Gasteiger partial charge in [-0.3, -0.25) is 4.79 Å². The number of likely N-dealkylation sites (tertiary alicyclic amines) is 1. The quantitative estimate of drug-likeness (QED) is 0.452. The van der Waals surface area contributed by atoms with E-state index >= 15 is 0 Å². The minimum absolute atomic E-state index is 0.221. The fraction of sp³-hybridized carbons (Fsp3) is 0.250. The van der Waals surface area contributed by atoms with E-state index < -0.39 is 0 Å². The van der Waals surface area contributed by atoms with Gasteiger partial charge in [0.15, 0.2) is 0 Å². The fourth-order valence-corrected chi connectivity index (χ4v) is 4.46. The van der Waals surface area contributed by atoms with E-state index in [0.717, 1.165) is 49.3 Å². The van der Waals surface area contributed by atoms with Crippen molar-refractivity contribution in [1.29, 1.82) is 0 Å². The number of piperidine rings is 1. The maximum absolute atomic E-state index is 12.6. The number of aromatic nitrogens is 2. The molecule has 3 aromatic carbocycles. The van der Waals surface area contributed by atoms with Crippen molar-refractivity contribution in [3.63, 3.8) is 0 Å². The lowest BCUT2D eigenvalue weighted by Gasteiger charge is -2.32. The summed E-state index contributed by atoms with van der Waals surface area (Å²) in [6.45, 7) is 2.45. The molecular formula is C28H28N4O. The van der Waals surface area contributed by atoms with Gasteiger partial charge in [-0.1, -0.05) is 66.7 Å². The van der Waals surface area contributed by atoms with Gasteiger partial charge in [0.2, 0.25) is 11.9 Å². The second-order valence-electron chi connectivity index (χ2n) is 8.69. The summed E-state index contributed by atoms with van der Waals surface area (Å²) in [7, 11) is 0. The number of nitrogens with one attached hydrogen (secondary N) is 1. The molecule has 5 nitrogen and oxygen atoms in total. The third-order valence-corrected chi connectivity index (χ3v) is 6.42. The van der Waals surface area contributed by atoms with Gasteiger partial charge in [-0.2, -0.15) is 0 Å². The number of rotatable bonds is 6. The zero-order chi connectivity index (χ0) is 22.5. The number of fused-ring (bicyclic) bond motifs is 1. The maximum atomic E-state index is 12.6. The van der Waals surface area contributed by atoms with Gasteiger partial charge >= 0.3 is 0 Å². The van der Waals surface area contributed by atoms with Crippen LogP contribution < -0.4 is 5.32 Å². The van der Waals surface area contributed by atoms with E-state index in [2.05, 4.69) is 52.8 Å². The van der Waals surface area contributed by atoms with E-state index in [0.29, 0.717) is 18.3 Å². The molecule has 0 saturated carbocycles. The average Bonchev–Trinajstić information content (AvgIpc) is 2.88. The number of hydrogen-bond acceptors (Lipinski definition) is 4. The average molecular weight is 437 g/mol. The van der Waals surface area contributed by atoms with Gasteiger partial charge in [0, 0.05) is 31.4 Å². The largest absolute Gasteiger partial charge is 0.354 e. The molecule has 5 rings (SSSR count). The van der Waals surface area contributed by atoms with Gasteiger partial charge in [-0.15, -0.1) is 0 Å². The summed E-state index contributed by atoms with van der Waals surface area (Å²) >= 11 is 0. The predicted molar refractivity (Wildman–Crippen MR) is 133 cm³/mol. The van der Waals surface area contributed by atoms with Crippen LogP contribution in [-0.4, -0.2) is 40.4 Å². The zero-order valence-electron chi connectivity index (χ0n) is 18.7. The fourth-order valence-electron chi connectivity index (χ4n) is 4.46. The minimum Gasteiger partial charge on any atom is -0.354 e. The van der Waals surface area contributed by atoms with E-state index in [1.807, 2.05) is 47.5 Å². The number of carbonyl (C=O) groups excluding carboxylic acids is 1. The number of benzene rings is 3. The summed E-state index contributed by atoms with van der Waals surface area (Å²) in [5.74, 6) is 1.39. The normalized spacial score (nSPS) is 14.4. The highest BCUT2D eigenvalue weighted by molar-refractivity contribution is 5.86. The highest BCUT2D eigenvalue weighted by atomic mass is 16.2. The lowest BCUT2D eigenvalue weighted by Crippen LogP contribution is -2.40. The van der Waals surface area contributed by atoms with Gasteiger partial charge in [-0.25, -0.2) is 9.97 Å². The summed E-state index contributed by atoms with van der Waals surface area (Å²) in [5.41, 5.74) is 3.08. The van der Waals surface area contributed by atoms with Crippen molar-refractivity contribution in [1.82, 2.24) is 14.9 Å². The van der Waals surface area contributed by atoms with Crippen LogP contribution in [0.4, 0.5) is 5.95 Å². The van der Waals surface area contributed by atoms with Crippen LogP contribution in [0.25, 0.3) is 22.0 Å². The lowest BCUT2D eigenvalue weighted by atomic mass is 9.96. The highest BCUT2D eigenvalue weighted by Gasteiger charge is 2.23. The van der Waals surface area contributed by atoms with Crippen LogP contribution in [0.5, 0.6) is 0 Å². The van der Waals surface area contributed by atoms with Crippen LogP contribution >= 0.6 is 0 Å². The maximum Gasteiger partial charge on any atom is 0.226 e. The van der Waals surface area contributed by atoms with Crippen molar-refractivity contribution in [3.05, 3.63) is 90.6 Å². The molecule has 1 aromatic heterocycles. The molecule has 166 valence electrons. The Labute approximate surface area is 194 Å². The molecule has 5 heteroatoms. The van der Waals surface area contributed by atoms with Crippen molar-refractivity contribution in [2.45, 2.75) is 19.3 Å². The Kier molecular flexibility index (Phi) is 6.29. The Bertz CT molecular complexity index is 1230. The molecule has 1 amide bonds. The minimum atomic E-state index is 0.221. The van der Waals surface area contributed by atoms with Gasteiger partial charge in [-0.05, 0) is 47.2 Å². The van der Waals surface area contributed by atoms with Gasteiger partial charge < -0.3 is 10.2 Å². The van der Waals surface area contributed by atoms with Crippen LogP contribution in [-0.2, 0) is 11.2 Å². The number of hydrogen-bond donors (Lipinski definition) is 1. The molecule has 0 aliphatic carbocycles. The van der Waals surface area contributed by atoms with E-state index in [4.69, 9.17) is 4.98 Å². The first kappa shape index (κ1) is 21.1. The Morgan fingerprint density at radius 2 is 1.67 bits per heavy atom. The van der Waals surface area contributed by atoms with E-state index in [1.165, 1.54) is 10.8 Å².